The zero-order valence-corrected chi connectivity index (χ0v) is 14.2. The number of halogens is 1. The molecule has 2 heterocycles. The number of likely N-dealkylation sites (tertiary alicyclic amines) is 1. The van der Waals surface area contributed by atoms with Crippen molar-refractivity contribution in [3.05, 3.63) is 35.2 Å². The number of urea groups is 1. The molecule has 0 spiro atoms. The van der Waals surface area contributed by atoms with Crippen LogP contribution in [0.4, 0.5) is 4.79 Å². The lowest BCUT2D eigenvalue weighted by molar-refractivity contribution is -0.123. The number of rotatable bonds is 4. The van der Waals surface area contributed by atoms with Gasteiger partial charge in [0.15, 0.2) is 0 Å². The summed E-state index contributed by atoms with van der Waals surface area (Å²) in [6.07, 6.45) is 1.46. The largest absolute Gasteiger partial charge is 0.369 e. The van der Waals surface area contributed by atoms with E-state index in [1.54, 1.807) is 17.0 Å². The Hall–Kier alpha value is -2.61. The van der Waals surface area contributed by atoms with Crippen molar-refractivity contribution in [1.82, 2.24) is 20.4 Å². The molecule has 1 saturated heterocycles. The van der Waals surface area contributed by atoms with E-state index in [0.717, 1.165) is 6.42 Å². The molecule has 1 aromatic heterocycles. The van der Waals surface area contributed by atoms with Crippen LogP contribution in [0.25, 0.3) is 11.4 Å². The van der Waals surface area contributed by atoms with Crippen LogP contribution in [0.2, 0.25) is 5.02 Å². The van der Waals surface area contributed by atoms with E-state index in [0.29, 0.717) is 35.9 Å². The maximum absolute atomic E-state index is 12.2. The molecule has 3 rings (SSSR count). The molecule has 132 valence electrons. The van der Waals surface area contributed by atoms with Gasteiger partial charge in [0.05, 0.1) is 17.5 Å². The van der Waals surface area contributed by atoms with E-state index in [2.05, 4.69) is 15.5 Å². The van der Waals surface area contributed by atoms with Crippen LogP contribution in [0.15, 0.2) is 28.8 Å². The third-order valence-electron chi connectivity index (χ3n) is 4.08. The number of benzene rings is 1. The predicted molar refractivity (Wildman–Crippen MR) is 90.5 cm³/mol. The van der Waals surface area contributed by atoms with Crippen molar-refractivity contribution in [2.24, 2.45) is 11.7 Å². The first-order chi connectivity index (χ1) is 12.0. The van der Waals surface area contributed by atoms with Crippen molar-refractivity contribution in [2.75, 3.05) is 13.1 Å². The van der Waals surface area contributed by atoms with E-state index in [1.165, 1.54) is 0 Å². The molecule has 0 unspecified atom stereocenters. The minimum Gasteiger partial charge on any atom is -0.369 e. The summed E-state index contributed by atoms with van der Waals surface area (Å²) in [6.45, 7) is 1.01. The summed E-state index contributed by atoms with van der Waals surface area (Å²) in [7, 11) is 0. The number of hydrogen-bond donors (Lipinski definition) is 2. The van der Waals surface area contributed by atoms with Gasteiger partial charge in [0.25, 0.3) is 0 Å². The number of piperidine rings is 1. The van der Waals surface area contributed by atoms with Crippen molar-refractivity contribution in [1.29, 1.82) is 0 Å². The first-order valence-electron chi connectivity index (χ1n) is 7.94. The molecule has 9 heteroatoms. The highest BCUT2D eigenvalue weighted by Crippen LogP contribution is 2.24. The zero-order chi connectivity index (χ0) is 17.8. The standard InChI is InChI=1S/C16H18ClN5O3/c17-12-6-2-1-5-11(12)15-20-13(25-21-15)8-19-16(24)22-7-3-4-10(9-22)14(18)23/h1-2,5-6,10H,3-4,7-9H2,(H2,18,23)(H,19,24)/t10-/m0/s1. The minimum absolute atomic E-state index is 0.0913. The third kappa shape index (κ3) is 4.08. The molecule has 1 aliphatic rings. The van der Waals surface area contributed by atoms with Crippen molar-refractivity contribution < 1.29 is 14.1 Å². The van der Waals surface area contributed by atoms with Crippen LogP contribution >= 0.6 is 11.6 Å². The summed E-state index contributed by atoms with van der Waals surface area (Å²) in [4.78, 5) is 29.3. The number of amides is 3. The lowest BCUT2D eigenvalue weighted by atomic mass is 9.98. The van der Waals surface area contributed by atoms with E-state index in [1.807, 2.05) is 12.1 Å². The number of primary amides is 1. The molecule has 25 heavy (non-hydrogen) atoms. The summed E-state index contributed by atoms with van der Waals surface area (Å²) in [5, 5.41) is 7.11. The smallest absolute Gasteiger partial charge is 0.317 e. The lowest BCUT2D eigenvalue weighted by Gasteiger charge is -2.31. The van der Waals surface area contributed by atoms with E-state index in [9.17, 15) is 9.59 Å². The Morgan fingerprint density at radius 1 is 1.40 bits per heavy atom. The van der Waals surface area contributed by atoms with Gasteiger partial charge in [-0.2, -0.15) is 4.98 Å². The Labute approximate surface area is 149 Å². The predicted octanol–water partition coefficient (Wildman–Crippen LogP) is 1.80. The Bertz CT molecular complexity index is 779. The van der Waals surface area contributed by atoms with Crippen LogP contribution in [0.3, 0.4) is 0 Å². The highest BCUT2D eigenvalue weighted by molar-refractivity contribution is 6.33. The molecule has 2 aromatic rings. The van der Waals surface area contributed by atoms with Gasteiger partial charge in [-0.1, -0.05) is 28.9 Å². The van der Waals surface area contributed by atoms with Crippen molar-refractivity contribution in [3.8, 4) is 11.4 Å². The van der Waals surface area contributed by atoms with E-state index < -0.39 is 0 Å². The molecular formula is C16H18ClN5O3. The van der Waals surface area contributed by atoms with Crippen LogP contribution in [-0.4, -0.2) is 40.1 Å². The van der Waals surface area contributed by atoms with Gasteiger partial charge in [0, 0.05) is 18.7 Å². The van der Waals surface area contributed by atoms with Gasteiger partial charge in [-0.3, -0.25) is 4.79 Å². The third-order valence-corrected chi connectivity index (χ3v) is 4.41. The lowest BCUT2D eigenvalue weighted by Crippen LogP contribution is -2.47. The number of carbonyl (C=O) groups excluding carboxylic acids is 2. The van der Waals surface area contributed by atoms with Gasteiger partial charge in [0.2, 0.25) is 17.6 Å². The Morgan fingerprint density at radius 2 is 2.20 bits per heavy atom. The molecule has 3 N–H and O–H groups in total. The first-order valence-corrected chi connectivity index (χ1v) is 8.32. The molecule has 8 nitrogen and oxygen atoms in total. The molecule has 1 aliphatic heterocycles. The first kappa shape index (κ1) is 17.2. The second kappa shape index (κ2) is 7.52. The SMILES string of the molecule is NC(=O)[C@H]1CCCN(C(=O)NCc2nc(-c3ccccc3Cl)no2)C1. The zero-order valence-electron chi connectivity index (χ0n) is 13.4. The molecule has 0 bridgehead atoms. The van der Waals surface area contributed by atoms with Crippen LogP contribution in [0, 0.1) is 5.92 Å². The summed E-state index contributed by atoms with van der Waals surface area (Å²) in [5.41, 5.74) is 5.98. The number of nitrogens with zero attached hydrogens (tertiary/aromatic N) is 3. The quantitative estimate of drug-likeness (QED) is 0.859. The van der Waals surface area contributed by atoms with Crippen molar-refractivity contribution in [2.45, 2.75) is 19.4 Å². The van der Waals surface area contributed by atoms with E-state index in [-0.39, 0.29) is 30.3 Å². The van der Waals surface area contributed by atoms with Crippen LogP contribution < -0.4 is 11.1 Å². The maximum Gasteiger partial charge on any atom is 0.317 e. The summed E-state index contributed by atoms with van der Waals surface area (Å²) in [5.74, 6) is -0.0399. The fraction of sp³-hybridized carbons (Fsp3) is 0.375. The average molecular weight is 364 g/mol. The molecule has 0 saturated carbocycles. The molecule has 1 aromatic carbocycles. The Morgan fingerprint density at radius 3 is 2.96 bits per heavy atom. The molecule has 1 atom stereocenters. The van der Waals surface area contributed by atoms with Crippen LogP contribution in [0.1, 0.15) is 18.7 Å². The fourth-order valence-corrected chi connectivity index (χ4v) is 2.96. The summed E-state index contributed by atoms with van der Waals surface area (Å²) >= 11 is 6.10. The maximum atomic E-state index is 12.2. The van der Waals surface area contributed by atoms with E-state index in [4.69, 9.17) is 21.9 Å². The van der Waals surface area contributed by atoms with Crippen molar-refractivity contribution >= 4 is 23.5 Å². The van der Waals surface area contributed by atoms with Crippen molar-refractivity contribution in [3.63, 3.8) is 0 Å². The summed E-state index contributed by atoms with van der Waals surface area (Å²) in [6, 6.07) is 6.87. The van der Waals surface area contributed by atoms with Gasteiger partial charge in [-0.15, -0.1) is 0 Å². The average Bonchev–Trinajstić information content (AvgIpc) is 3.09. The number of hydrogen-bond acceptors (Lipinski definition) is 5. The van der Waals surface area contributed by atoms with Gasteiger partial charge in [0.1, 0.15) is 0 Å². The molecule has 3 amide bonds. The highest BCUT2D eigenvalue weighted by atomic mass is 35.5. The Kier molecular flexibility index (Phi) is 5.18. The van der Waals surface area contributed by atoms with Gasteiger partial charge in [-0.05, 0) is 25.0 Å². The fourth-order valence-electron chi connectivity index (χ4n) is 2.74. The Balaban J connectivity index is 1.58. The number of nitrogens with one attached hydrogen (secondary N) is 1. The number of carbonyl (C=O) groups is 2. The normalized spacial score (nSPS) is 17.3. The van der Waals surface area contributed by atoms with Gasteiger partial charge < -0.3 is 20.5 Å². The molecular weight excluding hydrogens is 346 g/mol. The van der Waals surface area contributed by atoms with Crippen LogP contribution in [-0.2, 0) is 11.3 Å². The molecule has 0 radical (unpaired) electrons. The van der Waals surface area contributed by atoms with Crippen LogP contribution in [0.5, 0.6) is 0 Å². The van der Waals surface area contributed by atoms with Gasteiger partial charge in [-0.25, -0.2) is 4.79 Å². The second-order valence-corrected chi connectivity index (χ2v) is 6.25. The van der Waals surface area contributed by atoms with Gasteiger partial charge >= 0.3 is 6.03 Å². The monoisotopic (exact) mass is 363 g/mol. The second-order valence-electron chi connectivity index (χ2n) is 5.84. The highest BCUT2D eigenvalue weighted by Gasteiger charge is 2.27. The minimum atomic E-state index is -0.376. The van der Waals surface area contributed by atoms with E-state index >= 15 is 0 Å². The molecule has 1 fully saturated rings. The summed E-state index contributed by atoms with van der Waals surface area (Å²) < 4.78 is 5.14. The topological polar surface area (TPSA) is 114 Å². The number of aromatic nitrogens is 2. The number of nitrogens with two attached hydrogens (primary N) is 1. The molecule has 0 aliphatic carbocycles.